The molecule has 1 amide bonds. The van der Waals surface area contributed by atoms with Crippen LogP contribution in [0.2, 0.25) is 0 Å². The average Bonchev–Trinajstić information content (AvgIpc) is 2.48. The van der Waals surface area contributed by atoms with Crippen LogP contribution in [0.3, 0.4) is 0 Å². The molecule has 0 radical (unpaired) electrons. The van der Waals surface area contributed by atoms with Crippen molar-refractivity contribution in [2.75, 3.05) is 25.0 Å². The lowest BCUT2D eigenvalue weighted by atomic mass is 10.1. The van der Waals surface area contributed by atoms with Gasteiger partial charge in [-0.25, -0.2) is 0 Å². The van der Waals surface area contributed by atoms with Crippen LogP contribution in [0.1, 0.15) is 31.2 Å². The molecule has 1 aliphatic rings. The number of carbonyl (C=O) groups excluding carboxylic acids is 1. The molecule has 20 heavy (non-hydrogen) atoms. The van der Waals surface area contributed by atoms with E-state index in [0.29, 0.717) is 0 Å². The van der Waals surface area contributed by atoms with Crippen molar-refractivity contribution in [1.29, 1.82) is 5.26 Å². The van der Waals surface area contributed by atoms with E-state index < -0.39 is 0 Å². The van der Waals surface area contributed by atoms with Crippen molar-refractivity contribution in [3.63, 3.8) is 0 Å². The number of hydrogen-bond acceptors (Lipinski definition) is 3. The Bertz CT molecular complexity index is 469. The Morgan fingerprint density at radius 3 is 2.55 bits per heavy atom. The third-order valence-corrected chi connectivity index (χ3v) is 3.64. The van der Waals surface area contributed by atoms with Gasteiger partial charge >= 0.3 is 0 Å². The van der Waals surface area contributed by atoms with Crippen LogP contribution in [0.5, 0.6) is 0 Å². The van der Waals surface area contributed by atoms with Crippen molar-refractivity contribution in [1.82, 2.24) is 4.90 Å². The molecule has 1 aliphatic heterocycles. The van der Waals surface area contributed by atoms with Crippen LogP contribution in [-0.2, 0) is 11.2 Å². The van der Waals surface area contributed by atoms with E-state index >= 15 is 0 Å². The van der Waals surface area contributed by atoms with Gasteiger partial charge in [0.2, 0.25) is 5.91 Å². The second kappa shape index (κ2) is 7.66. The predicted octanol–water partition coefficient (Wildman–Crippen LogP) is 2.57. The van der Waals surface area contributed by atoms with Crippen molar-refractivity contribution in [3.05, 3.63) is 29.8 Å². The molecule has 0 unspecified atom stereocenters. The topological polar surface area (TPSA) is 56.1 Å². The van der Waals surface area contributed by atoms with Gasteiger partial charge in [0.25, 0.3) is 0 Å². The van der Waals surface area contributed by atoms with Gasteiger partial charge in [0, 0.05) is 12.2 Å². The number of anilines is 1. The van der Waals surface area contributed by atoms with E-state index in [1.165, 1.54) is 37.9 Å². The van der Waals surface area contributed by atoms with Crippen molar-refractivity contribution in [3.8, 4) is 6.07 Å². The Hall–Kier alpha value is -1.86. The highest BCUT2D eigenvalue weighted by Gasteiger charge is 2.09. The fraction of sp³-hybridized carbons (Fsp3) is 0.500. The molecule has 2 rings (SSSR count). The highest BCUT2D eigenvalue weighted by atomic mass is 16.1. The van der Waals surface area contributed by atoms with Crippen molar-refractivity contribution in [2.45, 2.75) is 32.1 Å². The second-order valence-corrected chi connectivity index (χ2v) is 5.23. The van der Waals surface area contributed by atoms with Crippen LogP contribution in [0, 0.1) is 11.3 Å². The molecular formula is C16H21N3O. The maximum absolute atomic E-state index is 11.3. The largest absolute Gasteiger partial charge is 0.325 e. The molecule has 0 saturated carbocycles. The number of piperidine rings is 1. The molecule has 1 heterocycles. The van der Waals surface area contributed by atoms with Crippen LogP contribution in [0.25, 0.3) is 0 Å². The summed E-state index contributed by atoms with van der Waals surface area (Å²) in [5, 5.41) is 11.1. The standard InChI is InChI=1S/C16H21N3O/c17-10-8-16(20)18-15-6-4-14(5-7-15)9-13-19-11-2-1-3-12-19/h4-7H,1-3,8-9,11-13H2,(H,18,20). The van der Waals surface area contributed by atoms with E-state index in [2.05, 4.69) is 10.2 Å². The molecule has 0 bridgehead atoms. The Kier molecular flexibility index (Phi) is 5.57. The van der Waals surface area contributed by atoms with Crippen LogP contribution >= 0.6 is 0 Å². The van der Waals surface area contributed by atoms with E-state index in [9.17, 15) is 4.79 Å². The first-order valence-electron chi connectivity index (χ1n) is 7.26. The first-order valence-corrected chi connectivity index (χ1v) is 7.26. The Morgan fingerprint density at radius 2 is 1.90 bits per heavy atom. The number of nitriles is 1. The SMILES string of the molecule is N#CCC(=O)Nc1ccc(CCN2CCCCC2)cc1. The van der Waals surface area contributed by atoms with E-state index in [-0.39, 0.29) is 12.3 Å². The van der Waals surface area contributed by atoms with Gasteiger partial charge in [0.05, 0.1) is 6.07 Å². The third kappa shape index (κ3) is 4.67. The van der Waals surface area contributed by atoms with Gasteiger partial charge in [0.1, 0.15) is 6.42 Å². The summed E-state index contributed by atoms with van der Waals surface area (Å²) in [6, 6.07) is 9.74. The minimum atomic E-state index is -0.256. The van der Waals surface area contributed by atoms with Gasteiger partial charge in [-0.2, -0.15) is 5.26 Å². The molecule has 4 nitrogen and oxygen atoms in total. The minimum absolute atomic E-state index is 0.100. The Morgan fingerprint density at radius 1 is 1.20 bits per heavy atom. The lowest BCUT2D eigenvalue weighted by Crippen LogP contribution is -2.31. The Labute approximate surface area is 120 Å². The van der Waals surface area contributed by atoms with E-state index in [1.54, 1.807) is 0 Å². The fourth-order valence-electron chi connectivity index (χ4n) is 2.50. The van der Waals surface area contributed by atoms with E-state index in [1.807, 2.05) is 30.3 Å². The third-order valence-electron chi connectivity index (χ3n) is 3.64. The fourth-order valence-corrected chi connectivity index (χ4v) is 2.50. The van der Waals surface area contributed by atoms with Crippen molar-refractivity contribution in [2.24, 2.45) is 0 Å². The molecule has 1 fully saturated rings. The summed E-state index contributed by atoms with van der Waals surface area (Å²) in [5.74, 6) is -0.256. The summed E-state index contributed by atoms with van der Waals surface area (Å²) in [6.45, 7) is 3.56. The number of nitrogens with zero attached hydrogens (tertiary/aromatic N) is 2. The van der Waals surface area contributed by atoms with Crippen LogP contribution in [0.4, 0.5) is 5.69 Å². The van der Waals surface area contributed by atoms with Gasteiger partial charge in [-0.15, -0.1) is 0 Å². The van der Waals surface area contributed by atoms with Gasteiger partial charge in [-0.05, 0) is 50.0 Å². The van der Waals surface area contributed by atoms with Crippen LogP contribution in [-0.4, -0.2) is 30.4 Å². The van der Waals surface area contributed by atoms with E-state index in [0.717, 1.165) is 18.7 Å². The number of nitrogens with one attached hydrogen (secondary N) is 1. The summed E-state index contributed by atoms with van der Waals surface area (Å²) < 4.78 is 0. The monoisotopic (exact) mass is 271 g/mol. The lowest BCUT2D eigenvalue weighted by Gasteiger charge is -2.26. The normalized spacial score (nSPS) is 15.6. The molecule has 1 aromatic rings. The number of rotatable bonds is 5. The molecule has 1 aromatic carbocycles. The van der Waals surface area contributed by atoms with Gasteiger partial charge in [-0.3, -0.25) is 4.79 Å². The number of hydrogen-bond donors (Lipinski definition) is 1. The van der Waals surface area contributed by atoms with Gasteiger partial charge < -0.3 is 10.2 Å². The summed E-state index contributed by atoms with van der Waals surface area (Å²) in [5.41, 5.74) is 2.04. The maximum atomic E-state index is 11.3. The quantitative estimate of drug-likeness (QED) is 0.895. The molecule has 1 N–H and O–H groups in total. The maximum Gasteiger partial charge on any atom is 0.238 e. The first-order chi connectivity index (χ1) is 9.78. The number of amides is 1. The zero-order valence-electron chi connectivity index (χ0n) is 11.8. The lowest BCUT2D eigenvalue weighted by molar-refractivity contribution is -0.115. The molecule has 4 heteroatoms. The smallest absolute Gasteiger partial charge is 0.238 e. The number of benzene rings is 1. The predicted molar refractivity (Wildman–Crippen MR) is 79.3 cm³/mol. The second-order valence-electron chi connectivity index (χ2n) is 5.23. The summed E-state index contributed by atoms with van der Waals surface area (Å²) in [7, 11) is 0. The Balaban J connectivity index is 1.79. The van der Waals surface area contributed by atoms with Crippen LogP contribution < -0.4 is 5.32 Å². The van der Waals surface area contributed by atoms with Gasteiger partial charge in [0.15, 0.2) is 0 Å². The molecular weight excluding hydrogens is 250 g/mol. The number of likely N-dealkylation sites (tertiary alicyclic amines) is 1. The molecule has 0 aliphatic carbocycles. The summed E-state index contributed by atoms with van der Waals surface area (Å²) in [4.78, 5) is 13.8. The van der Waals surface area contributed by atoms with Crippen molar-refractivity contribution < 1.29 is 4.79 Å². The molecule has 0 aromatic heterocycles. The zero-order chi connectivity index (χ0) is 14.2. The van der Waals surface area contributed by atoms with Crippen molar-refractivity contribution >= 4 is 11.6 Å². The molecule has 0 atom stereocenters. The zero-order valence-corrected chi connectivity index (χ0v) is 11.8. The molecule has 0 spiro atoms. The van der Waals surface area contributed by atoms with Gasteiger partial charge in [-0.1, -0.05) is 18.6 Å². The molecule has 106 valence electrons. The first kappa shape index (κ1) is 14.5. The van der Waals surface area contributed by atoms with E-state index in [4.69, 9.17) is 5.26 Å². The van der Waals surface area contributed by atoms with Crippen LogP contribution in [0.15, 0.2) is 24.3 Å². The summed E-state index contributed by atoms with van der Waals surface area (Å²) >= 11 is 0. The average molecular weight is 271 g/mol. The number of carbonyl (C=O) groups is 1. The minimum Gasteiger partial charge on any atom is -0.325 e. The molecule has 1 saturated heterocycles. The highest BCUT2D eigenvalue weighted by Crippen LogP contribution is 2.13. The summed E-state index contributed by atoms with van der Waals surface area (Å²) in [6.07, 6.45) is 4.96. The highest BCUT2D eigenvalue weighted by molar-refractivity contribution is 5.91.